The smallest absolute Gasteiger partial charge is 0.252 e. The summed E-state index contributed by atoms with van der Waals surface area (Å²) in [5, 5.41) is 0. The normalized spacial score (nSPS) is 19.5. The van der Waals surface area contributed by atoms with Gasteiger partial charge in [-0.3, -0.25) is 4.79 Å². The summed E-state index contributed by atoms with van der Waals surface area (Å²) < 4.78 is 5.47. The molecule has 5 heteroatoms. The zero-order valence-corrected chi connectivity index (χ0v) is 12.8. The first kappa shape index (κ1) is 14.8. The number of nitrogens with one attached hydrogen (secondary N) is 1. The van der Waals surface area contributed by atoms with Crippen LogP contribution in [0.1, 0.15) is 31.6 Å². The predicted molar refractivity (Wildman–Crippen MR) is 85.4 cm³/mol. The van der Waals surface area contributed by atoms with E-state index in [1.54, 1.807) is 13.0 Å². The van der Waals surface area contributed by atoms with E-state index >= 15 is 0 Å². The third kappa shape index (κ3) is 2.76. The molecule has 2 heterocycles. The highest BCUT2D eigenvalue weighted by molar-refractivity contribution is 5.81. The third-order valence-corrected chi connectivity index (χ3v) is 4.07. The fourth-order valence-electron chi connectivity index (χ4n) is 2.96. The maximum atomic E-state index is 12.6. The minimum absolute atomic E-state index is 0.00896. The monoisotopic (exact) mass is 299 g/mol. The van der Waals surface area contributed by atoms with E-state index in [0.29, 0.717) is 6.61 Å². The second-order valence-electron chi connectivity index (χ2n) is 5.59. The average Bonchev–Trinajstić information content (AvgIpc) is 3.17. The van der Waals surface area contributed by atoms with Crippen molar-refractivity contribution >= 4 is 16.9 Å². The Morgan fingerprint density at radius 3 is 3.18 bits per heavy atom. The van der Waals surface area contributed by atoms with Gasteiger partial charge in [0.2, 0.25) is 0 Å². The molecule has 5 nitrogen and oxygen atoms in total. The van der Waals surface area contributed by atoms with E-state index in [1.807, 2.05) is 29.2 Å². The van der Waals surface area contributed by atoms with Gasteiger partial charge in [-0.1, -0.05) is 18.2 Å². The number of aromatic nitrogens is 2. The SMILES string of the molecule is C=CCOC(C)C(=O)N1CCCC1c1nc2ccccc2[nH]1. The molecule has 1 N–H and O–H groups in total. The largest absolute Gasteiger partial charge is 0.365 e. The summed E-state index contributed by atoms with van der Waals surface area (Å²) in [5.74, 6) is 0.882. The number of likely N-dealkylation sites (tertiary alicyclic amines) is 1. The van der Waals surface area contributed by atoms with E-state index < -0.39 is 6.10 Å². The molecule has 116 valence electrons. The van der Waals surface area contributed by atoms with Gasteiger partial charge in [0.25, 0.3) is 5.91 Å². The van der Waals surface area contributed by atoms with Crippen LogP contribution in [0, 0.1) is 0 Å². The molecule has 1 amide bonds. The predicted octanol–water partition coefficient (Wildman–Crippen LogP) is 2.82. The highest BCUT2D eigenvalue weighted by Gasteiger charge is 2.34. The Bertz CT molecular complexity index is 646. The second-order valence-corrected chi connectivity index (χ2v) is 5.59. The van der Waals surface area contributed by atoms with Crippen molar-refractivity contribution in [3.63, 3.8) is 0 Å². The molecule has 22 heavy (non-hydrogen) atoms. The van der Waals surface area contributed by atoms with E-state index in [9.17, 15) is 4.79 Å². The van der Waals surface area contributed by atoms with E-state index in [0.717, 1.165) is 36.2 Å². The lowest BCUT2D eigenvalue weighted by Gasteiger charge is -2.26. The Balaban J connectivity index is 1.80. The first-order chi connectivity index (χ1) is 10.7. The molecule has 0 saturated carbocycles. The molecule has 1 saturated heterocycles. The van der Waals surface area contributed by atoms with Crippen molar-refractivity contribution in [1.82, 2.24) is 14.9 Å². The summed E-state index contributed by atoms with van der Waals surface area (Å²) in [5.41, 5.74) is 1.94. The molecule has 0 aliphatic carbocycles. The number of H-pyrrole nitrogens is 1. The Kier molecular flexibility index (Phi) is 4.24. The molecule has 1 aromatic heterocycles. The van der Waals surface area contributed by atoms with Gasteiger partial charge < -0.3 is 14.6 Å². The third-order valence-electron chi connectivity index (χ3n) is 4.07. The summed E-state index contributed by atoms with van der Waals surface area (Å²) in [7, 11) is 0. The number of carbonyl (C=O) groups is 1. The highest BCUT2D eigenvalue weighted by Crippen LogP contribution is 2.32. The van der Waals surface area contributed by atoms with Crippen LogP contribution in [-0.4, -0.2) is 40.0 Å². The van der Waals surface area contributed by atoms with Gasteiger partial charge >= 0.3 is 0 Å². The van der Waals surface area contributed by atoms with Crippen LogP contribution in [0.15, 0.2) is 36.9 Å². The quantitative estimate of drug-likeness (QED) is 0.864. The number of fused-ring (bicyclic) bond motifs is 1. The number of nitrogens with zero attached hydrogens (tertiary/aromatic N) is 2. The Hall–Kier alpha value is -2.14. The van der Waals surface area contributed by atoms with Gasteiger partial charge in [0.05, 0.1) is 23.7 Å². The first-order valence-electron chi connectivity index (χ1n) is 7.68. The Morgan fingerprint density at radius 2 is 2.41 bits per heavy atom. The number of hydrogen-bond acceptors (Lipinski definition) is 3. The zero-order chi connectivity index (χ0) is 15.5. The van der Waals surface area contributed by atoms with Gasteiger partial charge in [-0.25, -0.2) is 4.98 Å². The Labute approximate surface area is 130 Å². The molecular weight excluding hydrogens is 278 g/mol. The average molecular weight is 299 g/mol. The van der Waals surface area contributed by atoms with Crippen LogP contribution in [0.25, 0.3) is 11.0 Å². The lowest BCUT2D eigenvalue weighted by Crippen LogP contribution is -2.39. The maximum absolute atomic E-state index is 12.6. The lowest BCUT2D eigenvalue weighted by molar-refractivity contribution is -0.143. The number of rotatable bonds is 5. The van der Waals surface area contributed by atoms with Crippen LogP contribution in [0.2, 0.25) is 0 Å². The van der Waals surface area contributed by atoms with Crippen LogP contribution < -0.4 is 0 Å². The van der Waals surface area contributed by atoms with Crippen molar-refractivity contribution in [1.29, 1.82) is 0 Å². The van der Waals surface area contributed by atoms with Crippen molar-refractivity contribution in [2.45, 2.75) is 31.9 Å². The van der Waals surface area contributed by atoms with Crippen molar-refractivity contribution < 1.29 is 9.53 Å². The van der Waals surface area contributed by atoms with Gasteiger partial charge in [0, 0.05) is 6.54 Å². The molecule has 2 atom stereocenters. The molecule has 1 aromatic carbocycles. The summed E-state index contributed by atoms with van der Waals surface area (Å²) in [4.78, 5) is 22.4. The topological polar surface area (TPSA) is 58.2 Å². The number of ether oxygens (including phenoxy) is 1. The number of para-hydroxylation sites is 2. The number of aromatic amines is 1. The number of imidazole rings is 1. The van der Waals surface area contributed by atoms with Crippen LogP contribution in [0.4, 0.5) is 0 Å². The molecule has 2 aromatic rings. The van der Waals surface area contributed by atoms with Crippen LogP contribution in [-0.2, 0) is 9.53 Å². The van der Waals surface area contributed by atoms with Crippen LogP contribution in [0.3, 0.4) is 0 Å². The molecule has 0 radical (unpaired) electrons. The number of hydrogen-bond donors (Lipinski definition) is 1. The first-order valence-corrected chi connectivity index (χ1v) is 7.68. The second kappa shape index (κ2) is 6.32. The van der Waals surface area contributed by atoms with Gasteiger partial charge in [-0.15, -0.1) is 6.58 Å². The Morgan fingerprint density at radius 1 is 1.59 bits per heavy atom. The highest BCUT2D eigenvalue weighted by atomic mass is 16.5. The van der Waals surface area contributed by atoms with E-state index in [2.05, 4.69) is 16.5 Å². The molecular formula is C17H21N3O2. The van der Waals surface area contributed by atoms with Crippen molar-refractivity contribution in [2.24, 2.45) is 0 Å². The molecule has 2 unspecified atom stereocenters. The van der Waals surface area contributed by atoms with Gasteiger partial charge in [-0.2, -0.15) is 0 Å². The zero-order valence-electron chi connectivity index (χ0n) is 12.8. The van der Waals surface area contributed by atoms with Gasteiger partial charge in [0.15, 0.2) is 0 Å². The number of benzene rings is 1. The van der Waals surface area contributed by atoms with E-state index in [1.165, 1.54) is 0 Å². The standard InChI is InChI=1S/C17H21N3O2/c1-3-11-22-12(2)17(21)20-10-6-9-15(20)16-18-13-7-4-5-8-14(13)19-16/h3-5,7-8,12,15H,1,6,9-11H2,2H3,(H,18,19). The van der Waals surface area contributed by atoms with Crippen molar-refractivity contribution in [2.75, 3.05) is 13.2 Å². The minimum Gasteiger partial charge on any atom is -0.365 e. The van der Waals surface area contributed by atoms with Crippen LogP contribution >= 0.6 is 0 Å². The summed E-state index contributed by atoms with van der Waals surface area (Å²) in [6.45, 7) is 6.54. The molecule has 1 aliphatic heterocycles. The fourth-order valence-corrected chi connectivity index (χ4v) is 2.96. The van der Waals surface area contributed by atoms with Crippen LogP contribution in [0.5, 0.6) is 0 Å². The molecule has 0 spiro atoms. The number of carbonyl (C=O) groups excluding carboxylic acids is 1. The summed E-state index contributed by atoms with van der Waals surface area (Å²) in [6, 6.07) is 7.94. The maximum Gasteiger partial charge on any atom is 0.252 e. The lowest BCUT2D eigenvalue weighted by atomic mass is 10.2. The minimum atomic E-state index is -0.456. The van der Waals surface area contributed by atoms with E-state index in [4.69, 9.17) is 4.74 Å². The fraction of sp³-hybridized carbons (Fsp3) is 0.412. The van der Waals surface area contributed by atoms with Gasteiger partial charge in [0.1, 0.15) is 11.9 Å². The van der Waals surface area contributed by atoms with Crippen molar-refractivity contribution in [3.05, 3.63) is 42.7 Å². The van der Waals surface area contributed by atoms with Gasteiger partial charge in [-0.05, 0) is 31.9 Å². The molecule has 1 fully saturated rings. The molecule has 1 aliphatic rings. The molecule has 0 bridgehead atoms. The molecule has 3 rings (SSSR count). The number of amides is 1. The summed E-state index contributed by atoms with van der Waals surface area (Å²) in [6.07, 6.45) is 3.12. The summed E-state index contributed by atoms with van der Waals surface area (Å²) >= 11 is 0. The van der Waals surface area contributed by atoms with Crippen molar-refractivity contribution in [3.8, 4) is 0 Å². The van der Waals surface area contributed by atoms with E-state index in [-0.39, 0.29) is 11.9 Å².